The minimum atomic E-state index is -0.578. The smallest absolute Gasteiger partial charge is 0.314 e. The molecule has 0 saturated carbocycles. The van der Waals surface area contributed by atoms with Gasteiger partial charge in [-0.1, -0.05) is 35.3 Å². The van der Waals surface area contributed by atoms with Crippen LogP contribution in [0.25, 0.3) is 0 Å². The summed E-state index contributed by atoms with van der Waals surface area (Å²) in [4.78, 5) is 14.6. The maximum Gasteiger partial charge on any atom is 0.322 e. The van der Waals surface area contributed by atoms with Crippen LogP contribution in [0.5, 0.6) is 0 Å². The third-order valence-corrected chi connectivity index (χ3v) is 5.76. The highest BCUT2D eigenvalue weighted by Gasteiger charge is 2.34. The van der Waals surface area contributed by atoms with Gasteiger partial charge < -0.3 is 14.8 Å². The van der Waals surface area contributed by atoms with Gasteiger partial charge in [0.1, 0.15) is 11.6 Å². The van der Waals surface area contributed by atoms with Crippen molar-refractivity contribution in [3.8, 4) is 0 Å². The molecular formula is C21H20Cl2FN5O. The summed E-state index contributed by atoms with van der Waals surface area (Å²) in [7, 11) is 0. The maximum absolute atomic E-state index is 13.7. The van der Waals surface area contributed by atoms with Gasteiger partial charge >= 0.3 is 6.03 Å². The second kappa shape index (κ2) is 8.62. The summed E-state index contributed by atoms with van der Waals surface area (Å²) in [6, 6.07) is 11.3. The Bertz CT molecular complexity index is 1070. The summed E-state index contributed by atoms with van der Waals surface area (Å²) in [6.07, 6.45) is 1.63. The number of rotatable bonds is 4. The van der Waals surface area contributed by atoms with Gasteiger partial charge in [0, 0.05) is 17.3 Å². The average molecular weight is 448 g/mol. The zero-order valence-electron chi connectivity index (χ0n) is 16.3. The van der Waals surface area contributed by atoms with Crippen molar-refractivity contribution in [2.75, 3.05) is 11.9 Å². The molecular weight excluding hydrogens is 428 g/mol. The van der Waals surface area contributed by atoms with Crippen LogP contribution >= 0.6 is 23.2 Å². The second-order valence-corrected chi connectivity index (χ2v) is 8.07. The first kappa shape index (κ1) is 20.6. The van der Waals surface area contributed by atoms with Crippen molar-refractivity contribution < 1.29 is 9.18 Å². The van der Waals surface area contributed by atoms with Crippen molar-refractivity contribution >= 4 is 34.9 Å². The third kappa shape index (κ3) is 4.27. The number of amides is 2. The summed E-state index contributed by atoms with van der Waals surface area (Å²) >= 11 is 11.7. The van der Waals surface area contributed by atoms with E-state index in [1.54, 1.807) is 11.0 Å². The normalized spacial score (nSPS) is 16.1. The van der Waals surface area contributed by atoms with Gasteiger partial charge in [0.15, 0.2) is 5.82 Å². The molecule has 2 heterocycles. The van der Waals surface area contributed by atoms with Gasteiger partial charge in [-0.2, -0.15) is 0 Å². The zero-order chi connectivity index (χ0) is 21.3. The van der Waals surface area contributed by atoms with Crippen LogP contribution in [-0.4, -0.2) is 32.2 Å². The van der Waals surface area contributed by atoms with E-state index in [4.69, 9.17) is 23.2 Å². The van der Waals surface area contributed by atoms with Crippen molar-refractivity contribution in [2.45, 2.75) is 32.4 Å². The van der Waals surface area contributed by atoms with Crippen molar-refractivity contribution in [3.63, 3.8) is 0 Å². The molecule has 156 valence electrons. The van der Waals surface area contributed by atoms with Crippen LogP contribution < -0.4 is 5.32 Å². The van der Waals surface area contributed by atoms with Crippen LogP contribution in [0.2, 0.25) is 10.0 Å². The van der Waals surface area contributed by atoms with Gasteiger partial charge in [-0.05, 0) is 55.7 Å². The highest BCUT2D eigenvalue weighted by Crippen LogP contribution is 2.32. The second-order valence-electron chi connectivity index (χ2n) is 7.23. The fourth-order valence-corrected chi connectivity index (χ4v) is 3.90. The molecule has 1 N–H and O–H groups in total. The quantitative estimate of drug-likeness (QED) is 0.578. The number of carbonyl (C=O) groups is 1. The largest absolute Gasteiger partial charge is 0.322 e. The van der Waals surface area contributed by atoms with E-state index in [1.807, 2.05) is 35.8 Å². The first-order valence-electron chi connectivity index (χ1n) is 9.59. The van der Waals surface area contributed by atoms with Crippen molar-refractivity contribution in [1.29, 1.82) is 0 Å². The van der Waals surface area contributed by atoms with Gasteiger partial charge in [-0.3, -0.25) is 0 Å². The number of halogens is 3. The zero-order valence-corrected chi connectivity index (χ0v) is 17.8. The molecule has 0 aliphatic carbocycles. The molecule has 1 atom stereocenters. The number of nitrogens with one attached hydrogen (secondary N) is 1. The number of hydrogen-bond acceptors (Lipinski definition) is 3. The van der Waals surface area contributed by atoms with E-state index in [1.165, 1.54) is 12.1 Å². The molecule has 6 nitrogen and oxygen atoms in total. The molecule has 1 aromatic heterocycles. The fourth-order valence-electron chi connectivity index (χ4n) is 3.66. The molecule has 0 radical (unpaired) electrons. The number of hydrogen-bond donors (Lipinski definition) is 1. The number of nitrogens with zero attached hydrogens (tertiary/aromatic N) is 4. The number of likely N-dealkylation sites (tertiary alicyclic amines) is 1. The van der Waals surface area contributed by atoms with E-state index < -0.39 is 5.82 Å². The third-order valence-electron chi connectivity index (χ3n) is 5.20. The van der Waals surface area contributed by atoms with Gasteiger partial charge in [-0.25, -0.2) is 9.18 Å². The Kier molecular flexibility index (Phi) is 5.92. The number of carbonyl (C=O) groups excluding carboxylic acids is 1. The predicted octanol–water partition coefficient (Wildman–Crippen LogP) is 5.45. The van der Waals surface area contributed by atoms with E-state index in [0.717, 1.165) is 30.1 Å². The molecule has 1 fully saturated rings. The lowest BCUT2D eigenvalue weighted by atomic mass is 10.2. The van der Waals surface area contributed by atoms with Crippen molar-refractivity contribution in [1.82, 2.24) is 19.7 Å². The van der Waals surface area contributed by atoms with Crippen molar-refractivity contribution in [3.05, 3.63) is 75.5 Å². The first-order chi connectivity index (χ1) is 14.4. The van der Waals surface area contributed by atoms with Crippen LogP contribution in [0.4, 0.5) is 14.9 Å². The number of urea groups is 1. The molecule has 0 spiro atoms. The molecule has 1 aliphatic rings. The number of aryl methyl sites for hydroxylation is 1. The Balaban J connectivity index is 1.55. The average Bonchev–Trinajstić information content (AvgIpc) is 3.34. The highest BCUT2D eigenvalue weighted by atomic mass is 35.5. The standard InChI is InChI=1S/C21H20Cl2FN5O/c1-13-26-27-20(29(13)12-14-4-6-15(22)7-5-14)19-3-2-10-28(19)21(30)25-16-8-9-17(23)18(24)11-16/h4-9,11,19H,2-3,10,12H2,1H3,(H,25,30)/t19-/m1/s1. The first-order valence-corrected chi connectivity index (χ1v) is 10.3. The van der Waals surface area contributed by atoms with E-state index in [2.05, 4.69) is 15.5 Å². The maximum atomic E-state index is 13.7. The van der Waals surface area contributed by atoms with Crippen LogP contribution in [-0.2, 0) is 6.54 Å². The predicted molar refractivity (Wildman–Crippen MR) is 114 cm³/mol. The molecule has 0 bridgehead atoms. The lowest BCUT2D eigenvalue weighted by Gasteiger charge is -2.25. The lowest BCUT2D eigenvalue weighted by molar-refractivity contribution is 0.204. The molecule has 0 unspecified atom stereocenters. The molecule has 4 rings (SSSR count). The topological polar surface area (TPSA) is 63.1 Å². The Morgan fingerprint density at radius 2 is 1.97 bits per heavy atom. The van der Waals surface area contributed by atoms with Crippen LogP contribution in [0.1, 0.15) is 36.1 Å². The number of anilines is 1. The molecule has 1 aliphatic heterocycles. The SMILES string of the molecule is Cc1nnc([C@H]2CCCN2C(=O)Nc2ccc(Cl)c(F)c2)n1Cc1ccc(Cl)cc1. The van der Waals surface area contributed by atoms with E-state index in [9.17, 15) is 9.18 Å². The highest BCUT2D eigenvalue weighted by molar-refractivity contribution is 6.31. The van der Waals surface area contributed by atoms with Crippen LogP contribution in [0.15, 0.2) is 42.5 Å². The summed E-state index contributed by atoms with van der Waals surface area (Å²) < 4.78 is 15.7. The number of benzene rings is 2. The Labute approximate surface area is 183 Å². The summed E-state index contributed by atoms with van der Waals surface area (Å²) in [5.41, 5.74) is 1.42. The number of aromatic nitrogens is 3. The Morgan fingerprint density at radius 3 is 2.70 bits per heavy atom. The van der Waals surface area contributed by atoms with E-state index in [-0.39, 0.29) is 17.1 Å². The Morgan fingerprint density at radius 1 is 1.20 bits per heavy atom. The summed E-state index contributed by atoms with van der Waals surface area (Å²) in [6.45, 7) is 3.06. The summed E-state index contributed by atoms with van der Waals surface area (Å²) in [5, 5.41) is 12.0. The van der Waals surface area contributed by atoms with Gasteiger partial charge in [-0.15, -0.1) is 10.2 Å². The molecule has 2 amide bonds. The summed E-state index contributed by atoms with van der Waals surface area (Å²) in [5.74, 6) is 0.926. The van der Waals surface area contributed by atoms with Crippen LogP contribution in [0, 0.1) is 12.7 Å². The van der Waals surface area contributed by atoms with E-state index in [0.29, 0.717) is 23.8 Å². The molecule has 2 aromatic carbocycles. The molecule has 1 saturated heterocycles. The van der Waals surface area contributed by atoms with E-state index >= 15 is 0 Å². The molecule has 3 aromatic rings. The minimum absolute atomic E-state index is 0.0119. The fraction of sp³-hybridized carbons (Fsp3) is 0.286. The van der Waals surface area contributed by atoms with Crippen LogP contribution in [0.3, 0.4) is 0 Å². The monoisotopic (exact) mass is 447 g/mol. The van der Waals surface area contributed by atoms with Crippen molar-refractivity contribution in [2.24, 2.45) is 0 Å². The lowest BCUT2D eigenvalue weighted by Crippen LogP contribution is -2.35. The molecule has 30 heavy (non-hydrogen) atoms. The molecule has 9 heteroatoms. The van der Waals surface area contributed by atoms with Gasteiger partial charge in [0.05, 0.1) is 17.6 Å². The van der Waals surface area contributed by atoms with Gasteiger partial charge in [0.25, 0.3) is 0 Å². The van der Waals surface area contributed by atoms with Gasteiger partial charge in [0.2, 0.25) is 0 Å². The minimum Gasteiger partial charge on any atom is -0.314 e. The Hall–Kier alpha value is -2.64.